The molecule has 1 heterocycles. The highest BCUT2D eigenvalue weighted by Crippen LogP contribution is 2.26. The van der Waals surface area contributed by atoms with Gasteiger partial charge in [-0.25, -0.2) is 4.79 Å². The van der Waals surface area contributed by atoms with Crippen molar-refractivity contribution >= 4 is 35.1 Å². The van der Waals surface area contributed by atoms with Crippen LogP contribution in [0.5, 0.6) is 0 Å². The average molecular weight is 214 g/mol. The summed E-state index contributed by atoms with van der Waals surface area (Å²) in [5.74, 6) is -0.862. The first-order valence-electron chi connectivity index (χ1n) is 3.69. The van der Waals surface area contributed by atoms with E-state index in [0.29, 0.717) is 5.57 Å². The molecule has 0 fully saturated rings. The topological polar surface area (TPSA) is 37.3 Å². The van der Waals surface area contributed by atoms with Gasteiger partial charge in [0.15, 0.2) is 0 Å². The molecular formula is C9H10O2S2. The number of carbonyl (C=O) groups is 1. The summed E-state index contributed by atoms with van der Waals surface area (Å²) in [5, 5.41) is 8.64. The van der Waals surface area contributed by atoms with E-state index in [9.17, 15) is 4.79 Å². The van der Waals surface area contributed by atoms with Crippen molar-refractivity contribution in [3.8, 4) is 0 Å². The number of aliphatic carboxylic acids is 1. The third kappa shape index (κ3) is 2.90. The SMILES string of the molecule is CSc1ccc(/C=C(\C)C(=O)O)s1. The van der Waals surface area contributed by atoms with Gasteiger partial charge in [-0.1, -0.05) is 0 Å². The summed E-state index contributed by atoms with van der Waals surface area (Å²) in [6, 6.07) is 3.93. The van der Waals surface area contributed by atoms with Gasteiger partial charge in [-0.15, -0.1) is 23.1 Å². The summed E-state index contributed by atoms with van der Waals surface area (Å²) in [7, 11) is 0. The molecule has 0 amide bonds. The molecule has 0 saturated heterocycles. The van der Waals surface area contributed by atoms with E-state index >= 15 is 0 Å². The molecule has 1 aromatic heterocycles. The summed E-state index contributed by atoms with van der Waals surface area (Å²) >= 11 is 3.27. The average Bonchev–Trinajstić information content (AvgIpc) is 2.52. The predicted molar refractivity (Wildman–Crippen MR) is 57.4 cm³/mol. The first kappa shape index (κ1) is 10.3. The molecule has 0 aliphatic rings. The monoisotopic (exact) mass is 214 g/mol. The van der Waals surface area contributed by atoms with Crippen molar-refractivity contribution < 1.29 is 9.90 Å². The third-order valence-electron chi connectivity index (χ3n) is 1.50. The van der Waals surface area contributed by atoms with E-state index in [1.165, 1.54) is 4.21 Å². The van der Waals surface area contributed by atoms with Crippen LogP contribution in [-0.4, -0.2) is 17.3 Å². The minimum Gasteiger partial charge on any atom is -0.478 e. The molecule has 0 aliphatic heterocycles. The molecule has 0 saturated carbocycles. The lowest BCUT2D eigenvalue weighted by molar-refractivity contribution is -0.132. The van der Waals surface area contributed by atoms with Crippen LogP contribution in [0, 0.1) is 0 Å². The molecule has 1 N–H and O–H groups in total. The number of thioether (sulfide) groups is 1. The lowest BCUT2D eigenvalue weighted by Crippen LogP contribution is -1.94. The summed E-state index contributed by atoms with van der Waals surface area (Å²) in [6.07, 6.45) is 3.69. The van der Waals surface area contributed by atoms with Gasteiger partial charge < -0.3 is 5.11 Å². The largest absolute Gasteiger partial charge is 0.478 e. The van der Waals surface area contributed by atoms with Crippen LogP contribution in [0.4, 0.5) is 0 Å². The Morgan fingerprint density at radius 2 is 2.31 bits per heavy atom. The van der Waals surface area contributed by atoms with Gasteiger partial charge in [0, 0.05) is 10.5 Å². The van der Waals surface area contributed by atoms with Gasteiger partial charge in [-0.3, -0.25) is 0 Å². The van der Waals surface area contributed by atoms with Crippen LogP contribution < -0.4 is 0 Å². The molecule has 2 nitrogen and oxygen atoms in total. The van der Waals surface area contributed by atoms with E-state index in [2.05, 4.69) is 0 Å². The summed E-state index contributed by atoms with van der Waals surface area (Å²) < 4.78 is 1.20. The Balaban J connectivity index is 2.84. The van der Waals surface area contributed by atoms with Crippen molar-refractivity contribution in [2.24, 2.45) is 0 Å². The molecule has 13 heavy (non-hydrogen) atoms. The van der Waals surface area contributed by atoms with Gasteiger partial charge in [-0.2, -0.15) is 0 Å². The van der Waals surface area contributed by atoms with E-state index in [4.69, 9.17) is 5.11 Å². The van der Waals surface area contributed by atoms with Crippen molar-refractivity contribution in [2.75, 3.05) is 6.26 Å². The highest BCUT2D eigenvalue weighted by atomic mass is 32.2. The maximum atomic E-state index is 10.5. The number of carboxylic acid groups (broad SMARTS) is 1. The quantitative estimate of drug-likeness (QED) is 0.621. The van der Waals surface area contributed by atoms with Crippen LogP contribution in [-0.2, 0) is 4.79 Å². The molecule has 1 aromatic rings. The van der Waals surface area contributed by atoms with Gasteiger partial charge in [0.25, 0.3) is 0 Å². The van der Waals surface area contributed by atoms with Crippen molar-refractivity contribution in [1.82, 2.24) is 0 Å². The van der Waals surface area contributed by atoms with Crippen molar-refractivity contribution in [1.29, 1.82) is 0 Å². The number of hydrogen-bond donors (Lipinski definition) is 1. The van der Waals surface area contributed by atoms with Crippen molar-refractivity contribution in [2.45, 2.75) is 11.1 Å². The fourth-order valence-electron chi connectivity index (χ4n) is 0.797. The Labute approximate surface area is 85.3 Å². The normalized spacial score (nSPS) is 11.7. The first-order chi connectivity index (χ1) is 6.13. The van der Waals surface area contributed by atoms with E-state index < -0.39 is 5.97 Å². The lowest BCUT2D eigenvalue weighted by atomic mass is 10.2. The Kier molecular flexibility index (Phi) is 3.57. The zero-order valence-electron chi connectivity index (χ0n) is 7.40. The zero-order chi connectivity index (χ0) is 9.84. The number of thiophene rings is 1. The Morgan fingerprint density at radius 1 is 1.62 bits per heavy atom. The number of carboxylic acids is 1. The molecule has 0 bridgehead atoms. The smallest absolute Gasteiger partial charge is 0.331 e. The van der Waals surface area contributed by atoms with Gasteiger partial charge in [-0.05, 0) is 31.4 Å². The summed E-state index contributed by atoms with van der Waals surface area (Å²) in [4.78, 5) is 11.5. The second-order valence-electron chi connectivity index (χ2n) is 2.49. The van der Waals surface area contributed by atoms with Gasteiger partial charge in [0.1, 0.15) is 0 Å². The fraction of sp³-hybridized carbons (Fsp3) is 0.222. The Bertz CT molecular complexity index is 339. The second-order valence-corrected chi connectivity index (χ2v) is 4.72. The minimum atomic E-state index is -0.862. The lowest BCUT2D eigenvalue weighted by Gasteiger charge is -1.90. The van der Waals surface area contributed by atoms with Crippen LogP contribution >= 0.6 is 23.1 Å². The van der Waals surface area contributed by atoms with Crippen LogP contribution in [0.15, 0.2) is 21.9 Å². The predicted octanol–water partition coefficient (Wildman–Crippen LogP) is 2.96. The maximum Gasteiger partial charge on any atom is 0.331 e. The molecule has 0 radical (unpaired) electrons. The number of hydrogen-bond acceptors (Lipinski definition) is 3. The van der Waals surface area contributed by atoms with Crippen LogP contribution in [0.1, 0.15) is 11.8 Å². The second kappa shape index (κ2) is 4.48. The standard InChI is InChI=1S/C9H10O2S2/c1-6(9(10)11)5-7-3-4-8(12-2)13-7/h3-5H,1-2H3,(H,10,11)/b6-5+. The van der Waals surface area contributed by atoms with E-state index in [0.717, 1.165) is 4.88 Å². The third-order valence-corrected chi connectivity index (χ3v) is 3.61. The molecule has 70 valence electrons. The summed E-state index contributed by atoms with van der Waals surface area (Å²) in [5.41, 5.74) is 0.370. The minimum absolute atomic E-state index is 0.370. The molecular weight excluding hydrogens is 204 g/mol. The van der Waals surface area contributed by atoms with Crippen molar-refractivity contribution in [3.05, 3.63) is 22.6 Å². The molecule has 0 unspecified atom stereocenters. The molecule has 0 spiro atoms. The molecule has 0 aromatic carbocycles. The molecule has 4 heteroatoms. The highest BCUT2D eigenvalue weighted by Gasteiger charge is 2.01. The highest BCUT2D eigenvalue weighted by molar-refractivity contribution is 8.00. The van der Waals surface area contributed by atoms with Gasteiger partial charge >= 0.3 is 5.97 Å². The number of rotatable bonds is 3. The van der Waals surface area contributed by atoms with Crippen LogP contribution in [0.2, 0.25) is 0 Å². The van der Waals surface area contributed by atoms with Crippen molar-refractivity contribution in [3.63, 3.8) is 0 Å². The first-order valence-corrected chi connectivity index (χ1v) is 5.73. The fourth-order valence-corrected chi connectivity index (χ4v) is 2.36. The molecule has 0 atom stereocenters. The maximum absolute atomic E-state index is 10.5. The summed E-state index contributed by atoms with van der Waals surface area (Å²) in [6.45, 7) is 1.60. The zero-order valence-corrected chi connectivity index (χ0v) is 9.04. The van der Waals surface area contributed by atoms with Gasteiger partial charge in [0.2, 0.25) is 0 Å². The Morgan fingerprint density at radius 3 is 2.77 bits per heavy atom. The van der Waals surface area contributed by atoms with Crippen LogP contribution in [0.25, 0.3) is 6.08 Å². The molecule has 0 aliphatic carbocycles. The van der Waals surface area contributed by atoms with E-state index in [1.54, 1.807) is 36.1 Å². The van der Waals surface area contributed by atoms with E-state index in [1.807, 2.05) is 18.4 Å². The van der Waals surface area contributed by atoms with E-state index in [-0.39, 0.29) is 0 Å². The van der Waals surface area contributed by atoms with Gasteiger partial charge in [0.05, 0.1) is 4.21 Å². The van der Waals surface area contributed by atoms with Crippen LogP contribution in [0.3, 0.4) is 0 Å². The molecule has 1 rings (SSSR count). The Hall–Kier alpha value is -0.740.